The Hall–Kier alpha value is 1.29. The Bertz CT molecular complexity index is 34.5. The van der Waals surface area contributed by atoms with Crippen LogP contribution in [0.2, 0.25) is 0 Å². The van der Waals surface area contributed by atoms with E-state index in [-0.39, 0.29) is 35.0 Å². The van der Waals surface area contributed by atoms with Gasteiger partial charge in [0.25, 0.3) is 0 Å². The summed E-state index contributed by atoms with van der Waals surface area (Å²) < 4.78 is 0. The summed E-state index contributed by atoms with van der Waals surface area (Å²) in [7, 11) is -0.750. The average molecular weight is 178 g/mol. The molecule has 0 aromatic carbocycles. The van der Waals surface area contributed by atoms with Crippen LogP contribution >= 0.6 is 11.8 Å². The molecular formula is C4H16BNaO3S. The quantitative estimate of drug-likeness (QED) is 0.506. The molecule has 0 radical (unpaired) electrons. The fourth-order valence-electron chi connectivity index (χ4n) is 0.204. The molecule has 0 rings (SSSR count). The molecule has 3 nitrogen and oxygen atoms in total. The summed E-state index contributed by atoms with van der Waals surface area (Å²) in [4.78, 5) is 0. The molecule has 0 atom stereocenters. The van der Waals surface area contributed by atoms with Gasteiger partial charge in [0.2, 0.25) is 0 Å². The van der Waals surface area contributed by atoms with E-state index in [1.807, 2.05) is 11.8 Å². The summed E-state index contributed by atoms with van der Waals surface area (Å²) in [6.45, 7) is 4.35. The van der Waals surface area contributed by atoms with Gasteiger partial charge in [0.05, 0.1) is 0 Å². The third-order valence-corrected chi connectivity index (χ3v) is 1.22. The van der Waals surface area contributed by atoms with E-state index in [1.54, 1.807) is 0 Å². The molecule has 0 aliphatic rings. The molecule has 10 heavy (non-hydrogen) atoms. The fraction of sp³-hybridized carbons (Fsp3) is 1.00. The molecule has 0 saturated heterocycles. The molecule has 4 N–H and O–H groups in total. The zero-order valence-electron chi connectivity index (χ0n) is 5.92. The normalized spacial score (nSPS) is 5.60. The molecule has 0 aromatic heterocycles. The summed E-state index contributed by atoms with van der Waals surface area (Å²) in [5, 5.41) is 14.2. The van der Waals surface area contributed by atoms with Gasteiger partial charge in [-0.25, -0.2) is 0 Å². The molecule has 0 aliphatic heterocycles. The number of hydrogen-bond donors (Lipinski definition) is 2. The fourth-order valence-corrected chi connectivity index (χ4v) is 0.612. The van der Waals surface area contributed by atoms with E-state index in [0.29, 0.717) is 0 Å². The van der Waals surface area contributed by atoms with Crippen LogP contribution in [0.25, 0.3) is 0 Å². The van der Waals surface area contributed by atoms with Crippen LogP contribution in [0.15, 0.2) is 0 Å². The van der Waals surface area contributed by atoms with Crippen molar-refractivity contribution in [2.45, 2.75) is 13.8 Å². The molecule has 60 valence electrons. The Morgan fingerprint density at radius 1 is 1.20 bits per heavy atom. The van der Waals surface area contributed by atoms with E-state index < -0.39 is 7.69 Å². The first-order valence-electron chi connectivity index (χ1n) is 2.62. The molecule has 0 spiro atoms. The van der Waals surface area contributed by atoms with Crippen molar-refractivity contribution in [2.24, 2.45) is 0 Å². The first-order chi connectivity index (χ1) is 3.83. The van der Waals surface area contributed by atoms with Crippen molar-refractivity contribution in [3.8, 4) is 0 Å². The third-order valence-electron chi connectivity index (χ3n) is 0.408. The van der Waals surface area contributed by atoms with Crippen LogP contribution in [0, 0.1) is 0 Å². The van der Waals surface area contributed by atoms with E-state index in [1.165, 1.54) is 11.5 Å². The van der Waals surface area contributed by atoms with Crippen molar-refractivity contribution < 1.29 is 15.5 Å². The molecule has 0 aliphatic carbocycles. The maximum atomic E-state index is 7.12. The second kappa shape index (κ2) is 31.7. The number of thioether (sulfide) groups is 1. The van der Waals surface area contributed by atoms with E-state index in [2.05, 4.69) is 13.8 Å². The Labute approximate surface area is 89.5 Å². The first-order valence-corrected chi connectivity index (χ1v) is 3.78. The monoisotopic (exact) mass is 178 g/mol. The second-order valence-electron chi connectivity index (χ2n) is 0.923. The zero-order chi connectivity index (χ0) is 6.83. The summed E-state index contributed by atoms with van der Waals surface area (Å²) in [5.41, 5.74) is 0. The Morgan fingerprint density at radius 3 is 1.40 bits per heavy atom. The second-order valence-corrected chi connectivity index (χ2v) is 2.49. The minimum atomic E-state index is -0.750. The van der Waals surface area contributed by atoms with Crippen LogP contribution in [0.5, 0.6) is 0 Å². The Kier molecular flexibility index (Phi) is 71.4. The zero-order valence-corrected chi connectivity index (χ0v) is 6.74. The van der Waals surface area contributed by atoms with Gasteiger partial charge in [0.1, 0.15) is 0 Å². The molecule has 6 heteroatoms. The molecule has 0 unspecified atom stereocenters. The van der Waals surface area contributed by atoms with E-state index >= 15 is 0 Å². The molecule has 0 bridgehead atoms. The van der Waals surface area contributed by atoms with Crippen molar-refractivity contribution >= 4 is 49.0 Å². The Morgan fingerprint density at radius 2 is 1.40 bits per heavy atom. The van der Waals surface area contributed by atoms with Crippen molar-refractivity contribution in [1.29, 1.82) is 0 Å². The van der Waals surface area contributed by atoms with Gasteiger partial charge < -0.3 is 15.5 Å². The van der Waals surface area contributed by atoms with E-state index in [9.17, 15) is 0 Å². The van der Waals surface area contributed by atoms with Crippen LogP contribution < -0.4 is 0 Å². The van der Waals surface area contributed by atoms with Gasteiger partial charge in [-0.2, -0.15) is 11.8 Å². The van der Waals surface area contributed by atoms with Gasteiger partial charge in [0.15, 0.2) is 0 Å². The van der Waals surface area contributed by atoms with Crippen LogP contribution in [0.1, 0.15) is 13.8 Å². The van der Waals surface area contributed by atoms with Gasteiger partial charge in [-0.1, -0.05) is 13.8 Å². The maximum absolute atomic E-state index is 7.12. The van der Waals surface area contributed by atoms with Gasteiger partial charge >= 0.3 is 37.2 Å². The minimum absolute atomic E-state index is 0. The first kappa shape index (κ1) is 22.5. The molecule has 0 aromatic rings. The van der Waals surface area contributed by atoms with E-state index in [4.69, 9.17) is 10.0 Å². The number of rotatable bonds is 2. The predicted molar refractivity (Wildman–Crippen MR) is 51.0 cm³/mol. The van der Waals surface area contributed by atoms with Crippen molar-refractivity contribution in [1.82, 2.24) is 0 Å². The van der Waals surface area contributed by atoms with Gasteiger partial charge in [-0.15, -0.1) is 0 Å². The topological polar surface area (TPSA) is 72.0 Å². The third kappa shape index (κ3) is 58.9. The van der Waals surface area contributed by atoms with Crippen LogP contribution in [0.4, 0.5) is 0 Å². The summed E-state index contributed by atoms with van der Waals surface area (Å²) in [6.07, 6.45) is 0. The summed E-state index contributed by atoms with van der Waals surface area (Å²) in [6, 6.07) is 0. The molecular weight excluding hydrogens is 162 g/mol. The van der Waals surface area contributed by atoms with Crippen LogP contribution in [-0.4, -0.2) is 64.3 Å². The molecule has 0 heterocycles. The standard InChI is InChI=1S/C4H10S.BH3O2.Na.H2O.H/c1-3-5-4-2;2-1-3;;;/h3-4H2,1-2H3;1-3H;;1H2;. The Balaban J connectivity index is -0.0000000326. The summed E-state index contributed by atoms with van der Waals surface area (Å²) >= 11 is 1.96. The summed E-state index contributed by atoms with van der Waals surface area (Å²) in [5.74, 6) is 2.52. The van der Waals surface area contributed by atoms with Crippen LogP contribution in [0.3, 0.4) is 0 Å². The van der Waals surface area contributed by atoms with Gasteiger partial charge in [-0.3, -0.25) is 0 Å². The SMILES string of the molecule is CCSCC.O.OBO.[NaH]. The van der Waals surface area contributed by atoms with Crippen LogP contribution in [-0.2, 0) is 0 Å². The molecule has 0 saturated carbocycles. The van der Waals surface area contributed by atoms with Crippen molar-refractivity contribution in [3.05, 3.63) is 0 Å². The average Bonchev–Trinajstić information content (AvgIpc) is 1.71. The van der Waals surface area contributed by atoms with Gasteiger partial charge in [0, 0.05) is 0 Å². The van der Waals surface area contributed by atoms with Gasteiger partial charge in [-0.05, 0) is 11.5 Å². The molecule has 0 fully saturated rings. The van der Waals surface area contributed by atoms with E-state index in [0.717, 1.165) is 0 Å². The molecule has 0 amide bonds. The van der Waals surface area contributed by atoms with Crippen molar-refractivity contribution in [3.63, 3.8) is 0 Å². The van der Waals surface area contributed by atoms with Crippen molar-refractivity contribution in [2.75, 3.05) is 11.5 Å². The predicted octanol–water partition coefficient (Wildman–Crippen LogP) is -1.48. The number of hydrogen-bond acceptors (Lipinski definition) is 3.